The number of hydrogen-bond acceptors (Lipinski definition) is 2. The summed E-state index contributed by atoms with van der Waals surface area (Å²) in [6.45, 7) is 9.27. The first-order chi connectivity index (χ1) is 6.23. The van der Waals surface area contributed by atoms with E-state index in [2.05, 4.69) is 19.2 Å². The van der Waals surface area contributed by atoms with Gasteiger partial charge in [0, 0.05) is 6.04 Å². The molecule has 0 aromatic rings. The zero-order chi connectivity index (χ0) is 11.4. The van der Waals surface area contributed by atoms with Gasteiger partial charge >= 0.3 is 0 Å². The normalized spacial score (nSPS) is 14.2. The molecule has 0 saturated heterocycles. The molecule has 0 aromatic heterocycles. The quantitative estimate of drug-likeness (QED) is 0.711. The van der Waals surface area contributed by atoms with Crippen LogP contribution in [-0.2, 0) is 4.79 Å². The van der Waals surface area contributed by atoms with E-state index < -0.39 is 5.60 Å². The smallest absolute Gasteiger partial charge is 0.251 e. The molecule has 0 saturated carbocycles. The third-order valence-corrected chi connectivity index (χ3v) is 2.11. The van der Waals surface area contributed by atoms with Crippen molar-refractivity contribution in [2.75, 3.05) is 0 Å². The molecule has 3 heteroatoms. The van der Waals surface area contributed by atoms with E-state index in [-0.39, 0.29) is 11.9 Å². The zero-order valence-corrected chi connectivity index (χ0v) is 9.92. The van der Waals surface area contributed by atoms with E-state index in [1.807, 2.05) is 6.92 Å². The summed E-state index contributed by atoms with van der Waals surface area (Å²) >= 11 is 0. The van der Waals surface area contributed by atoms with Gasteiger partial charge in [0.25, 0.3) is 5.91 Å². The lowest BCUT2D eigenvalue weighted by atomic mass is 10.0. The van der Waals surface area contributed by atoms with Crippen molar-refractivity contribution in [3.63, 3.8) is 0 Å². The highest BCUT2D eigenvalue weighted by Gasteiger charge is 2.24. The summed E-state index contributed by atoms with van der Waals surface area (Å²) in [7, 11) is 0. The first-order valence-corrected chi connectivity index (χ1v) is 5.26. The number of carbonyl (C=O) groups excluding carboxylic acids is 1. The Balaban J connectivity index is 3.83. The van der Waals surface area contributed by atoms with Gasteiger partial charge in [-0.25, -0.2) is 0 Å². The Morgan fingerprint density at radius 1 is 1.29 bits per heavy atom. The van der Waals surface area contributed by atoms with E-state index >= 15 is 0 Å². The minimum Gasteiger partial charge on any atom is -0.381 e. The van der Waals surface area contributed by atoms with Crippen molar-refractivity contribution in [3.8, 4) is 0 Å². The van der Waals surface area contributed by atoms with Crippen LogP contribution in [0.4, 0.5) is 0 Å². The molecule has 0 bridgehead atoms. The molecular weight excluding hydrogens is 178 g/mol. The molecule has 1 amide bonds. The van der Waals surface area contributed by atoms with Gasteiger partial charge in [-0.2, -0.15) is 0 Å². The van der Waals surface area contributed by atoms with E-state index in [4.69, 9.17) is 0 Å². The third-order valence-electron chi connectivity index (χ3n) is 2.11. The Bertz CT molecular complexity index is 182. The number of hydrogen-bond donors (Lipinski definition) is 2. The summed E-state index contributed by atoms with van der Waals surface area (Å²) in [4.78, 5) is 11.4. The minimum absolute atomic E-state index is 0.135. The highest BCUT2D eigenvalue weighted by atomic mass is 16.3. The van der Waals surface area contributed by atoms with Gasteiger partial charge in [0.05, 0.1) is 0 Å². The predicted octanol–water partition coefficient (Wildman–Crippen LogP) is 1.70. The summed E-state index contributed by atoms with van der Waals surface area (Å²) in [5.41, 5.74) is -1.27. The average Bonchev–Trinajstić information content (AvgIpc) is 1.99. The highest BCUT2D eigenvalue weighted by Crippen LogP contribution is 2.08. The molecule has 3 nitrogen and oxygen atoms in total. The van der Waals surface area contributed by atoms with Crippen LogP contribution in [0.25, 0.3) is 0 Å². The second kappa shape index (κ2) is 5.35. The lowest BCUT2D eigenvalue weighted by molar-refractivity contribution is -0.137. The molecule has 0 aliphatic rings. The van der Waals surface area contributed by atoms with Crippen LogP contribution in [0.5, 0.6) is 0 Å². The van der Waals surface area contributed by atoms with Crippen LogP contribution in [-0.4, -0.2) is 22.7 Å². The summed E-state index contributed by atoms with van der Waals surface area (Å²) in [6.07, 6.45) is 2.05. The molecule has 2 N–H and O–H groups in total. The molecule has 0 fully saturated rings. The van der Waals surface area contributed by atoms with Gasteiger partial charge in [-0.1, -0.05) is 13.8 Å². The second-order valence-electron chi connectivity index (χ2n) is 4.90. The van der Waals surface area contributed by atoms with Crippen molar-refractivity contribution in [1.29, 1.82) is 0 Å². The molecule has 1 unspecified atom stereocenters. The van der Waals surface area contributed by atoms with E-state index in [1.54, 1.807) is 0 Å². The topological polar surface area (TPSA) is 49.3 Å². The first-order valence-electron chi connectivity index (χ1n) is 5.26. The molecule has 0 aromatic carbocycles. The van der Waals surface area contributed by atoms with Crippen LogP contribution < -0.4 is 5.32 Å². The Hall–Kier alpha value is -0.570. The fourth-order valence-electron chi connectivity index (χ4n) is 1.06. The first kappa shape index (κ1) is 13.4. The van der Waals surface area contributed by atoms with E-state index in [0.29, 0.717) is 5.92 Å². The second-order valence-corrected chi connectivity index (χ2v) is 4.90. The van der Waals surface area contributed by atoms with E-state index in [1.165, 1.54) is 13.8 Å². The molecule has 1 atom stereocenters. The highest BCUT2D eigenvalue weighted by molar-refractivity contribution is 5.84. The van der Waals surface area contributed by atoms with Gasteiger partial charge in [-0.05, 0) is 39.5 Å². The maximum atomic E-state index is 11.4. The van der Waals surface area contributed by atoms with Gasteiger partial charge in [-0.3, -0.25) is 4.79 Å². The van der Waals surface area contributed by atoms with Crippen molar-refractivity contribution in [3.05, 3.63) is 0 Å². The van der Waals surface area contributed by atoms with Crippen LogP contribution in [0.3, 0.4) is 0 Å². The van der Waals surface area contributed by atoms with Crippen LogP contribution in [0, 0.1) is 5.92 Å². The van der Waals surface area contributed by atoms with Crippen LogP contribution >= 0.6 is 0 Å². The summed E-state index contributed by atoms with van der Waals surface area (Å²) in [5.74, 6) is 0.352. The molecule has 14 heavy (non-hydrogen) atoms. The van der Waals surface area contributed by atoms with Gasteiger partial charge < -0.3 is 10.4 Å². The van der Waals surface area contributed by atoms with Gasteiger partial charge in [-0.15, -0.1) is 0 Å². The standard InChI is InChI=1S/C11H23NO2/c1-8(2)6-7-9(3)12-10(13)11(4,5)14/h8-9,14H,6-7H2,1-5H3,(H,12,13). The molecule has 0 spiro atoms. The predicted molar refractivity (Wildman–Crippen MR) is 58.0 cm³/mol. The number of amides is 1. The number of rotatable bonds is 5. The van der Waals surface area contributed by atoms with Gasteiger partial charge in [0.1, 0.15) is 5.60 Å². The van der Waals surface area contributed by atoms with Gasteiger partial charge in [0.2, 0.25) is 0 Å². The SMILES string of the molecule is CC(C)CCC(C)NC(=O)C(C)(C)O. The molecule has 0 aliphatic carbocycles. The van der Waals surface area contributed by atoms with Crippen molar-refractivity contribution in [2.45, 2.75) is 59.1 Å². The zero-order valence-electron chi connectivity index (χ0n) is 9.92. The fourth-order valence-corrected chi connectivity index (χ4v) is 1.06. The maximum absolute atomic E-state index is 11.4. The van der Waals surface area contributed by atoms with Crippen LogP contribution in [0.15, 0.2) is 0 Å². The summed E-state index contributed by atoms with van der Waals surface area (Å²) in [5, 5.41) is 12.2. The van der Waals surface area contributed by atoms with Crippen molar-refractivity contribution < 1.29 is 9.90 Å². The average molecular weight is 201 g/mol. The molecule has 0 rings (SSSR count). The van der Waals surface area contributed by atoms with Crippen molar-refractivity contribution in [1.82, 2.24) is 5.32 Å². The number of carbonyl (C=O) groups is 1. The molecule has 0 radical (unpaired) electrons. The monoisotopic (exact) mass is 201 g/mol. The number of nitrogens with one attached hydrogen (secondary N) is 1. The Kier molecular flexibility index (Phi) is 5.13. The maximum Gasteiger partial charge on any atom is 0.251 e. The molecule has 84 valence electrons. The summed E-state index contributed by atoms with van der Waals surface area (Å²) in [6, 6.07) is 0.135. The van der Waals surface area contributed by atoms with E-state index in [9.17, 15) is 9.90 Å². The van der Waals surface area contributed by atoms with Crippen molar-refractivity contribution in [2.24, 2.45) is 5.92 Å². The van der Waals surface area contributed by atoms with Crippen molar-refractivity contribution >= 4 is 5.91 Å². The van der Waals surface area contributed by atoms with Crippen LogP contribution in [0.1, 0.15) is 47.5 Å². The third kappa shape index (κ3) is 5.97. The largest absolute Gasteiger partial charge is 0.381 e. The molecular formula is C11H23NO2. The van der Waals surface area contributed by atoms with E-state index in [0.717, 1.165) is 12.8 Å². The Morgan fingerprint density at radius 3 is 2.14 bits per heavy atom. The molecule has 0 heterocycles. The Labute approximate surface area is 86.9 Å². The fraction of sp³-hybridized carbons (Fsp3) is 0.909. The summed E-state index contributed by atoms with van der Waals surface area (Å²) < 4.78 is 0. The minimum atomic E-state index is -1.27. The molecule has 0 aliphatic heterocycles. The van der Waals surface area contributed by atoms with Gasteiger partial charge in [0.15, 0.2) is 0 Å². The number of aliphatic hydroxyl groups is 1. The lowest BCUT2D eigenvalue weighted by Gasteiger charge is -2.21. The lowest BCUT2D eigenvalue weighted by Crippen LogP contribution is -2.45. The van der Waals surface area contributed by atoms with Crippen LogP contribution in [0.2, 0.25) is 0 Å². The Morgan fingerprint density at radius 2 is 1.79 bits per heavy atom.